The number of H-pyrrole nitrogens is 1. The van der Waals surface area contributed by atoms with Crippen LogP contribution < -0.4 is 0 Å². The summed E-state index contributed by atoms with van der Waals surface area (Å²) in [5, 5.41) is 9.02. The zero-order valence-electron chi connectivity index (χ0n) is 6.96. The van der Waals surface area contributed by atoms with Gasteiger partial charge >= 0.3 is 5.97 Å². The van der Waals surface area contributed by atoms with Crippen LogP contribution >= 0.6 is 15.9 Å². The SMILES string of the molecule is O=C(O)C(c1c[nH]c(Br)c1)C1CC1. The summed E-state index contributed by atoms with van der Waals surface area (Å²) < 4.78 is 0.842. The maximum atomic E-state index is 11.0. The lowest BCUT2D eigenvalue weighted by Crippen LogP contribution is -2.12. The van der Waals surface area contributed by atoms with E-state index in [-0.39, 0.29) is 5.92 Å². The summed E-state index contributed by atoms with van der Waals surface area (Å²) in [6.07, 6.45) is 3.85. The van der Waals surface area contributed by atoms with Gasteiger partial charge in [-0.2, -0.15) is 0 Å². The molecule has 2 rings (SSSR count). The Morgan fingerprint density at radius 1 is 1.69 bits per heavy atom. The van der Waals surface area contributed by atoms with Crippen LogP contribution in [0.1, 0.15) is 24.3 Å². The summed E-state index contributed by atoms with van der Waals surface area (Å²) in [6.45, 7) is 0. The largest absolute Gasteiger partial charge is 0.481 e. The van der Waals surface area contributed by atoms with Crippen molar-refractivity contribution in [1.82, 2.24) is 4.98 Å². The number of carboxylic acid groups (broad SMARTS) is 1. The molecule has 1 aliphatic carbocycles. The summed E-state index contributed by atoms with van der Waals surface area (Å²) in [7, 11) is 0. The number of aromatic amines is 1. The maximum Gasteiger partial charge on any atom is 0.311 e. The number of carboxylic acids is 1. The minimum absolute atomic E-state index is 0.317. The minimum Gasteiger partial charge on any atom is -0.481 e. The second kappa shape index (κ2) is 3.18. The molecule has 1 aromatic heterocycles. The third-order valence-electron chi connectivity index (χ3n) is 2.39. The number of nitrogens with one attached hydrogen (secondary N) is 1. The van der Waals surface area contributed by atoms with E-state index < -0.39 is 5.97 Å². The van der Waals surface area contributed by atoms with Gasteiger partial charge in [-0.25, -0.2) is 0 Å². The van der Waals surface area contributed by atoms with Gasteiger partial charge in [-0.1, -0.05) is 0 Å². The molecule has 0 amide bonds. The van der Waals surface area contributed by atoms with Gasteiger partial charge in [-0.15, -0.1) is 0 Å². The van der Waals surface area contributed by atoms with E-state index in [1.54, 1.807) is 6.20 Å². The highest BCUT2D eigenvalue weighted by atomic mass is 79.9. The molecule has 1 saturated carbocycles. The van der Waals surface area contributed by atoms with Crippen molar-refractivity contribution in [3.05, 3.63) is 22.4 Å². The lowest BCUT2D eigenvalue weighted by molar-refractivity contribution is -0.139. The molecule has 13 heavy (non-hydrogen) atoms. The van der Waals surface area contributed by atoms with Crippen molar-refractivity contribution in [3.63, 3.8) is 0 Å². The normalized spacial score (nSPS) is 18.5. The van der Waals surface area contributed by atoms with Crippen LogP contribution in [0.4, 0.5) is 0 Å². The van der Waals surface area contributed by atoms with Crippen LogP contribution in [-0.4, -0.2) is 16.1 Å². The number of halogens is 1. The Balaban J connectivity index is 2.24. The van der Waals surface area contributed by atoms with Crippen molar-refractivity contribution >= 4 is 21.9 Å². The van der Waals surface area contributed by atoms with Gasteiger partial charge in [0.25, 0.3) is 0 Å². The molecule has 1 unspecified atom stereocenters. The van der Waals surface area contributed by atoms with Crippen LogP contribution in [0.2, 0.25) is 0 Å². The molecule has 70 valence electrons. The fourth-order valence-electron chi connectivity index (χ4n) is 1.61. The van der Waals surface area contributed by atoms with Gasteiger partial charge in [0, 0.05) is 6.20 Å². The second-order valence-electron chi connectivity index (χ2n) is 3.43. The number of aliphatic carboxylic acids is 1. The van der Waals surface area contributed by atoms with Crippen LogP contribution in [0.3, 0.4) is 0 Å². The van der Waals surface area contributed by atoms with Crippen molar-refractivity contribution in [2.75, 3.05) is 0 Å². The fraction of sp³-hybridized carbons (Fsp3) is 0.444. The third-order valence-corrected chi connectivity index (χ3v) is 2.85. The molecule has 0 spiro atoms. The Kier molecular flexibility index (Phi) is 2.15. The van der Waals surface area contributed by atoms with Crippen LogP contribution in [0.5, 0.6) is 0 Å². The summed E-state index contributed by atoms with van der Waals surface area (Å²) in [6, 6.07) is 1.84. The highest BCUT2D eigenvalue weighted by molar-refractivity contribution is 9.10. The van der Waals surface area contributed by atoms with Gasteiger partial charge < -0.3 is 10.1 Å². The first kappa shape index (κ1) is 8.81. The topological polar surface area (TPSA) is 53.1 Å². The average Bonchev–Trinajstić information content (AvgIpc) is 2.76. The molecular formula is C9H10BrNO2. The van der Waals surface area contributed by atoms with Crippen LogP contribution in [0, 0.1) is 5.92 Å². The van der Waals surface area contributed by atoms with E-state index in [9.17, 15) is 4.79 Å². The van der Waals surface area contributed by atoms with Crippen molar-refractivity contribution < 1.29 is 9.90 Å². The molecule has 2 N–H and O–H groups in total. The van der Waals surface area contributed by atoms with Gasteiger partial charge in [0.1, 0.15) is 0 Å². The highest BCUT2D eigenvalue weighted by Gasteiger charge is 2.37. The molecule has 0 bridgehead atoms. The van der Waals surface area contributed by atoms with E-state index in [4.69, 9.17) is 5.11 Å². The Morgan fingerprint density at radius 2 is 2.38 bits per heavy atom. The van der Waals surface area contributed by atoms with Gasteiger partial charge in [-0.05, 0) is 46.3 Å². The summed E-state index contributed by atoms with van der Waals surface area (Å²) in [5.74, 6) is -0.684. The molecule has 1 atom stereocenters. The van der Waals surface area contributed by atoms with Crippen LogP contribution in [0.15, 0.2) is 16.9 Å². The Labute approximate surface area is 84.3 Å². The van der Waals surface area contributed by atoms with Gasteiger partial charge in [0.05, 0.1) is 10.5 Å². The molecule has 3 nitrogen and oxygen atoms in total. The van der Waals surface area contributed by atoms with Crippen LogP contribution in [-0.2, 0) is 4.79 Å². The van der Waals surface area contributed by atoms with Crippen molar-refractivity contribution in [3.8, 4) is 0 Å². The maximum absolute atomic E-state index is 11.0. The molecule has 0 aliphatic heterocycles. The Bertz CT molecular complexity index is 330. The molecule has 1 fully saturated rings. The standard InChI is InChI=1S/C9H10BrNO2/c10-7-3-6(4-11-7)8(9(12)13)5-1-2-5/h3-5,8,11H,1-2H2,(H,12,13). The summed E-state index contributed by atoms with van der Waals surface area (Å²) in [5.41, 5.74) is 0.877. The fourth-order valence-corrected chi connectivity index (χ4v) is 1.99. The van der Waals surface area contributed by atoms with Crippen molar-refractivity contribution in [2.24, 2.45) is 5.92 Å². The molecule has 0 radical (unpaired) electrons. The highest BCUT2D eigenvalue weighted by Crippen LogP contribution is 2.43. The third kappa shape index (κ3) is 1.77. The van der Waals surface area contributed by atoms with E-state index in [0.717, 1.165) is 23.0 Å². The molecule has 0 saturated heterocycles. The number of rotatable bonds is 3. The molecule has 1 aromatic rings. The number of hydrogen-bond acceptors (Lipinski definition) is 1. The lowest BCUT2D eigenvalue weighted by atomic mass is 9.97. The van der Waals surface area contributed by atoms with Gasteiger partial charge in [0.15, 0.2) is 0 Å². The van der Waals surface area contributed by atoms with E-state index in [2.05, 4.69) is 20.9 Å². The first-order chi connectivity index (χ1) is 6.18. The minimum atomic E-state index is -0.714. The predicted molar refractivity (Wildman–Crippen MR) is 51.6 cm³/mol. The lowest BCUT2D eigenvalue weighted by Gasteiger charge is -2.07. The van der Waals surface area contributed by atoms with Gasteiger partial charge in [-0.3, -0.25) is 4.79 Å². The average molecular weight is 244 g/mol. The Morgan fingerprint density at radius 3 is 2.77 bits per heavy atom. The second-order valence-corrected chi connectivity index (χ2v) is 4.29. The van der Waals surface area contributed by atoms with E-state index in [0.29, 0.717) is 5.92 Å². The van der Waals surface area contributed by atoms with E-state index in [1.807, 2.05) is 6.07 Å². The first-order valence-corrected chi connectivity index (χ1v) is 5.04. The van der Waals surface area contributed by atoms with E-state index >= 15 is 0 Å². The zero-order chi connectivity index (χ0) is 9.42. The molecule has 1 heterocycles. The predicted octanol–water partition coefficient (Wildman–Crippen LogP) is 2.36. The first-order valence-electron chi connectivity index (χ1n) is 4.25. The molecule has 1 aliphatic rings. The van der Waals surface area contributed by atoms with E-state index in [1.165, 1.54) is 0 Å². The summed E-state index contributed by atoms with van der Waals surface area (Å²) in [4.78, 5) is 13.9. The van der Waals surface area contributed by atoms with Crippen molar-refractivity contribution in [1.29, 1.82) is 0 Å². The smallest absolute Gasteiger partial charge is 0.311 e. The van der Waals surface area contributed by atoms with Crippen LogP contribution in [0.25, 0.3) is 0 Å². The Hall–Kier alpha value is -0.770. The zero-order valence-corrected chi connectivity index (χ0v) is 8.54. The number of aromatic nitrogens is 1. The molecule has 0 aromatic carbocycles. The quantitative estimate of drug-likeness (QED) is 0.857. The monoisotopic (exact) mass is 243 g/mol. The summed E-state index contributed by atoms with van der Waals surface area (Å²) >= 11 is 3.27. The number of hydrogen-bond donors (Lipinski definition) is 2. The molecular weight excluding hydrogens is 234 g/mol. The molecule has 4 heteroatoms. The van der Waals surface area contributed by atoms with Crippen molar-refractivity contribution in [2.45, 2.75) is 18.8 Å². The number of carbonyl (C=O) groups is 1. The van der Waals surface area contributed by atoms with Gasteiger partial charge in [0.2, 0.25) is 0 Å².